The Labute approximate surface area is 131 Å². The predicted molar refractivity (Wildman–Crippen MR) is 87.9 cm³/mol. The fourth-order valence-electron chi connectivity index (χ4n) is 2.28. The van der Waals surface area contributed by atoms with Crippen LogP contribution in [0.2, 0.25) is 0 Å². The van der Waals surface area contributed by atoms with Crippen molar-refractivity contribution in [2.75, 3.05) is 6.54 Å². The molecule has 1 unspecified atom stereocenters. The smallest absolute Gasteiger partial charge is 0.224 e. The molecule has 22 heavy (non-hydrogen) atoms. The highest BCUT2D eigenvalue weighted by molar-refractivity contribution is 5.89. The second-order valence-corrected chi connectivity index (χ2v) is 7.01. The van der Waals surface area contributed by atoms with Gasteiger partial charge in [0.15, 0.2) is 0 Å². The van der Waals surface area contributed by atoms with E-state index in [1.807, 2.05) is 46.8 Å². The van der Waals surface area contributed by atoms with Crippen molar-refractivity contribution in [1.29, 1.82) is 0 Å². The van der Waals surface area contributed by atoms with Gasteiger partial charge < -0.3 is 14.8 Å². The van der Waals surface area contributed by atoms with E-state index in [4.69, 9.17) is 4.42 Å². The molecule has 4 nitrogen and oxygen atoms in total. The number of aliphatic hydroxyl groups is 1. The molecule has 0 fully saturated rings. The van der Waals surface area contributed by atoms with Crippen molar-refractivity contribution in [1.82, 2.24) is 5.32 Å². The van der Waals surface area contributed by atoms with E-state index in [-0.39, 0.29) is 24.3 Å². The summed E-state index contributed by atoms with van der Waals surface area (Å²) in [5.74, 6) is -0.107. The predicted octanol–water partition coefficient (Wildman–Crippen LogP) is 3.12. The highest BCUT2D eigenvalue weighted by atomic mass is 16.3. The molecule has 120 valence electrons. The maximum atomic E-state index is 12.1. The SMILES string of the molecule is Cc1ccc2c(CC(=O)NCC(O)C(C)(C)C)coc2c1C. The van der Waals surface area contributed by atoms with Crippen LogP contribution in [-0.4, -0.2) is 23.7 Å². The summed E-state index contributed by atoms with van der Waals surface area (Å²) in [4.78, 5) is 12.1. The highest BCUT2D eigenvalue weighted by Crippen LogP contribution is 2.26. The summed E-state index contributed by atoms with van der Waals surface area (Å²) >= 11 is 0. The summed E-state index contributed by atoms with van der Waals surface area (Å²) in [6, 6.07) is 4.03. The number of aliphatic hydroxyl groups excluding tert-OH is 1. The van der Waals surface area contributed by atoms with Crippen molar-refractivity contribution >= 4 is 16.9 Å². The zero-order valence-corrected chi connectivity index (χ0v) is 14.0. The van der Waals surface area contributed by atoms with Crippen molar-refractivity contribution in [3.63, 3.8) is 0 Å². The quantitative estimate of drug-likeness (QED) is 0.912. The fourth-order valence-corrected chi connectivity index (χ4v) is 2.28. The van der Waals surface area contributed by atoms with Gasteiger partial charge in [0.25, 0.3) is 0 Å². The average Bonchev–Trinajstić information content (AvgIpc) is 2.83. The number of carbonyl (C=O) groups is 1. The topological polar surface area (TPSA) is 62.5 Å². The Morgan fingerprint density at radius 3 is 2.64 bits per heavy atom. The van der Waals surface area contributed by atoms with Gasteiger partial charge in [0.05, 0.1) is 18.8 Å². The minimum Gasteiger partial charge on any atom is -0.464 e. The lowest BCUT2D eigenvalue weighted by Gasteiger charge is -2.25. The third-order valence-corrected chi connectivity index (χ3v) is 4.18. The van der Waals surface area contributed by atoms with E-state index in [1.54, 1.807) is 6.26 Å². The molecule has 0 saturated heterocycles. The molecule has 0 aliphatic carbocycles. The van der Waals surface area contributed by atoms with Crippen LogP contribution in [0.5, 0.6) is 0 Å². The van der Waals surface area contributed by atoms with E-state index < -0.39 is 6.10 Å². The molecule has 2 N–H and O–H groups in total. The Bertz CT molecular complexity index is 679. The van der Waals surface area contributed by atoms with Gasteiger partial charge in [-0.3, -0.25) is 4.79 Å². The average molecular weight is 303 g/mol. The number of rotatable bonds is 4. The standard InChI is InChI=1S/C18H25NO3/c1-11-6-7-14-13(10-22-17(14)12(11)2)8-16(21)19-9-15(20)18(3,4)5/h6-7,10,15,20H,8-9H2,1-5H3,(H,19,21). The van der Waals surface area contributed by atoms with Gasteiger partial charge in [0, 0.05) is 17.5 Å². The Morgan fingerprint density at radius 1 is 1.32 bits per heavy atom. The van der Waals surface area contributed by atoms with Crippen LogP contribution in [0.1, 0.15) is 37.5 Å². The van der Waals surface area contributed by atoms with Crippen LogP contribution >= 0.6 is 0 Å². The van der Waals surface area contributed by atoms with E-state index >= 15 is 0 Å². The van der Waals surface area contributed by atoms with Gasteiger partial charge in [-0.1, -0.05) is 32.9 Å². The van der Waals surface area contributed by atoms with E-state index in [1.165, 1.54) is 5.56 Å². The highest BCUT2D eigenvalue weighted by Gasteiger charge is 2.22. The van der Waals surface area contributed by atoms with Gasteiger partial charge in [-0.2, -0.15) is 0 Å². The summed E-state index contributed by atoms with van der Waals surface area (Å²) in [7, 11) is 0. The zero-order chi connectivity index (χ0) is 16.5. The van der Waals surface area contributed by atoms with E-state index in [2.05, 4.69) is 5.32 Å². The van der Waals surface area contributed by atoms with Crippen LogP contribution in [-0.2, 0) is 11.2 Å². The lowest BCUT2D eigenvalue weighted by Crippen LogP contribution is -2.39. The third-order valence-electron chi connectivity index (χ3n) is 4.18. The number of aryl methyl sites for hydroxylation is 2. The molecule has 0 bridgehead atoms. The summed E-state index contributed by atoms with van der Waals surface area (Å²) in [5, 5.41) is 13.7. The van der Waals surface area contributed by atoms with Crippen molar-refractivity contribution in [2.45, 2.75) is 47.1 Å². The molecule has 0 radical (unpaired) electrons. The number of nitrogens with one attached hydrogen (secondary N) is 1. The number of benzene rings is 1. The number of fused-ring (bicyclic) bond motifs is 1. The largest absolute Gasteiger partial charge is 0.464 e. The maximum absolute atomic E-state index is 12.1. The number of hydrogen-bond acceptors (Lipinski definition) is 3. The zero-order valence-electron chi connectivity index (χ0n) is 14.0. The van der Waals surface area contributed by atoms with Crippen molar-refractivity contribution < 1.29 is 14.3 Å². The maximum Gasteiger partial charge on any atom is 0.224 e. The molecule has 0 aliphatic heterocycles. The second kappa shape index (κ2) is 6.13. The third kappa shape index (κ3) is 3.50. The number of amides is 1. The van der Waals surface area contributed by atoms with Crippen LogP contribution in [0.4, 0.5) is 0 Å². The molecule has 0 saturated carbocycles. The molecule has 1 amide bonds. The molecule has 0 spiro atoms. The normalized spacial score (nSPS) is 13.4. The summed E-state index contributed by atoms with van der Waals surface area (Å²) in [6.45, 7) is 10.1. The Hall–Kier alpha value is -1.81. The molecule has 1 aromatic carbocycles. The fraction of sp³-hybridized carbons (Fsp3) is 0.500. The molecule has 2 aromatic rings. The number of hydrogen-bond donors (Lipinski definition) is 2. The van der Waals surface area contributed by atoms with Crippen LogP contribution < -0.4 is 5.32 Å². The van der Waals surface area contributed by atoms with E-state index in [0.717, 1.165) is 22.1 Å². The lowest BCUT2D eigenvalue weighted by molar-refractivity contribution is -0.121. The number of carbonyl (C=O) groups excluding carboxylic acids is 1. The Morgan fingerprint density at radius 2 is 2.00 bits per heavy atom. The summed E-state index contributed by atoms with van der Waals surface area (Å²) in [5.41, 5.74) is 3.75. The Kier molecular flexibility index (Phi) is 4.61. The Balaban J connectivity index is 2.05. The van der Waals surface area contributed by atoms with Gasteiger partial charge in [-0.15, -0.1) is 0 Å². The first-order chi connectivity index (χ1) is 10.2. The molecule has 0 aliphatic rings. The minimum atomic E-state index is -0.567. The van der Waals surface area contributed by atoms with E-state index in [9.17, 15) is 9.90 Å². The molecule has 1 heterocycles. The molecular formula is C18H25NO3. The van der Waals surface area contributed by atoms with Crippen molar-refractivity contribution in [3.8, 4) is 0 Å². The summed E-state index contributed by atoms with van der Waals surface area (Å²) in [6.07, 6.45) is 1.34. The molecule has 1 aromatic heterocycles. The monoisotopic (exact) mass is 303 g/mol. The first kappa shape index (κ1) is 16.6. The van der Waals surface area contributed by atoms with Gasteiger partial charge in [-0.25, -0.2) is 0 Å². The second-order valence-electron chi connectivity index (χ2n) is 7.01. The van der Waals surface area contributed by atoms with Crippen LogP contribution in [0, 0.1) is 19.3 Å². The summed E-state index contributed by atoms with van der Waals surface area (Å²) < 4.78 is 5.61. The number of furan rings is 1. The first-order valence-electron chi connectivity index (χ1n) is 7.61. The van der Waals surface area contributed by atoms with Gasteiger partial charge in [0.1, 0.15) is 5.58 Å². The lowest BCUT2D eigenvalue weighted by atomic mass is 9.89. The minimum absolute atomic E-state index is 0.107. The van der Waals surface area contributed by atoms with Crippen LogP contribution in [0.3, 0.4) is 0 Å². The molecular weight excluding hydrogens is 278 g/mol. The van der Waals surface area contributed by atoms with Gasteiger partial charge >= 0.3 is 0 Å². The van der Waals surface area contributed by atoms with Gasteiger partial charge in [-0.05, 0) is 30.4 Å². The van der Waals surface area contributed by atoms with Crippen molar-refractivity contribution in [2.24, 2.45) is 5.41 Å². The van der Waals surface area contributed by atoms with Gasteiger partial charge in [0.2, 0.25) is 5.91 Å². The van der Waals surface area contributed by atoms with Crippen LogP contribution in [0.25, 0.3) is 11.0 Å². The van der Waals surface area contributed by atoms with Crippen LogP contribution in [0.15, 0.2) is 22.8 Å². The van der Waals surface area contributed by atoms with E-state index in [0.29, 0.717) is 0 Å². The molecule has 1 atom stereocenters. The molecule has 2 rings (SSSR count). The molecule has 4 heteroatoms. The van der Waals surface area contributed by atoms with Crippen molar-refractivity contribution in [3.05, 3.63) is 35.1 Å². The first-order valence-corrected chi connectivity index (χ1v) is 7.61.